The summed E-state index contributed by atoms with van der Waals surface area (Å²) in [4.78, 5) is 4.85. The molecule has 106 valence electrons. The first-order valence-corrected chi connectivity index (χ1v) is 7.28. The van der Waals surface area contributed by atoms with E-state index in [1.165, 1.54) is 5.69 Å². The second-order valence-electron chi connectivity index (χ2n) is 5.75. The number of likely N-dealkylation sites (N-methyl/N-ethyl adjacent to an activating group) is 1. The summed E-state index contributed by atoms with van der Waals surface area (Å²) >= 11 is 0. The Kier molecular flexibility index (Phi) is 4.48. The van der Waals surface area contributed by atoms with Crippen molar-refractivity contribution >= 4 is 5.69 Å². The van der Waals surface area contributed by atoms with Crippen molar-refractivity contribution in [3.63, 3.8) is 0 Å². The predicted octanol–water partition coefficient (Wildman–Crippen LogP) is 2.66. The third kappa shape index (κ3) is 2.93. The Morgan fingerprint density at radius 2 is 1.79 bits per heavy atom. The van der Waals surface area contributed by atoms with Crippen molar-refractivity contribution < 1.29 is 5.11 Å². The molecule has 1 saturated heterocycles. The molecule has 1 aromatic rings. The van der Waals surface area contributed by atoms with Gasteiger partial charge in [0, 0.05) is 36.4 Å². The highest BCUT2D eigenvalue weighted by Crippen LogP contribution is 2.30. The largest absolute Gasteiger partial charge is 0.388 e. The van der Waals surface area contributed by atoms with Crippen LogP contribution in [0.25, 0.3) is 0 Å². The Balaban J connectivity index is 2.27. The van der Waals surface area contributed by atoms with Crippen LogP contribution in [-0.2, 0) is 0 Å². The molecule has 3 heteroatoms. The fourth-order valence-corrected chi connectivity index (χ4v) is 2.88. The van der Waals surface area contributed by atoms with Crippen LogP contribution in [0.4, 0.5) is 5.69 Å². The number of aliphatic hydroxyl groups excluding tert-OH is 1. The summed E-state index contributed by atoms with van der Waals surface area (Å²) in [5.74, 6) is 0. The maximum Gasteiger partial charge on any atom is 0.0807 e. The van der Waals surface area contributed by atoms with E-state index in [-0.39, 0.29) is 6.10 Å². The summed E-state index contributed by atoms with van der Waals surface area (Å²) in [6, 6.07) is 9.34. The highest BCUT2D eigenvalue weighted by atomic mass is 16.3. The highest BCUT2D eigenvalue weighted by molar-refractivity contribution is 5.55. The zero-order valence-corrected chi connectivity index (χ0v) is 12.5. The molecule has 3 atom stereocenters. The monoisotopic (exact) mass is 262 g/mol. The van der Waals surface area contributed by atoms with E-state index in [1.807, 2.05) is 13.0 Å². The number of anilines is 1. The number of hydrogen-bond donors (Lipinski definition) is 1. The van der Waals surface area contributed by atoms with Crippen LogP contribution in [0.15, 0.2) is 24.3 Å². The first kappa shape index (κ1) is 14.4. The summed E-state index contributed by atoms with van der Waals surface area (Å²) in [5, 5.41) is 10.2. The molecule has 1 aliphatic rings. The predicted molar refractivity (Wildman–Crippen MR) is 80.6 cm³/mol. The number of benzene rings is 1. The van der Waals surface area contributed by atoms with Crippen LogP contribution in [0.5, 0.6) is 0 Å². The van der Waals surface area contributed by atoms with Gasteiger partial charge in [0.15, 0.2) is 0 Å². The van der Waals surface area contributed by atoms with Gasteiger partial charge in [0.25, 0.3) is 0 Å². The minimum absolute atomic E-state index is 0.360. The summed E-state index contributed by atoms with van der Waals surface area (Å²) in [7, 11) is 2.19. The topological polar surface area (TPSA) is 26.7 Å². The van der Waals surface area contributed by atoms with Crippen molar-refractivity contribution in [1.82, 2.24) is 4.90 Å². The van der Waals surface area contributed by atoms with Gasteiger partial charge in [0.2, 0.25) is 0 Å². The lowest BCUT2D eigenvalue weighted by Crippen LogP contribution is -2.55. The molecule has 1 N–H and O–H groups in total. The van der Waals surface area contributed by atoms with E-state index in [0.717, 1.165) is 25.1 Å². The van der Waals surface area contributed by atoms with Gasteiger partial charge in [-0.3, -0.25) is 4.90 Å². The number of hydrogen-bond acceptors (Lipinski definition) is 3. The minimum atomic E-state index is -0.360. The molecule has 2 rings (SSSR count). The fraction of sp³-hybridized carbons (Fsp3) is 0.625. The average molecular weight is 262 g/mol. The van der Waals surface area contributed by atoms with Crippen LogP contribution >= 0.6 is 0 Å². The molecule has 0 bridgehead atoms. The van der Waals surface area contributed by atoms with E-state index in [9.17, 15) is 5.11 Å². The molecule has 19 heavy (non-hydrogen) atoms. The molecule has 0 spiro atoms. The van der Waals surface area contributed by atoms with Crippen LogP contribution in [-0.4, -0.2) is 42.2 Å². The maximum atomic E-state index is 10.2. The Hall–Kier alpha value is -1.06. The van der Waals surface area contributed by atoms with Gasteiger partial charge < -0.3 is 10.0 Å². The Morgan fingerprint density at radius 3 is 2.37 bits per heavy atom. The molecule has 0 aliphatic carbocycles. The van der Waals surface area contributed by atoms with Crippen molar-refractivity contribution in [2.75, 3.05) is 25.0 Å². The van der Waals surface area contributed by atoms with Crippen LogP contribution in [0.2, 0.25) is 0 Å². The number of piperazine rings is 1. The van der Waals surface area contributed by atoms with Crippen molar-refractivity contribution in [2.24, 2.45) is 0 Å². The number of para-hydroxylation sites is 1. The number of rotatable bonds is 3. The Bertz CT molecular complexity index is 409. The summed E-state index contributed by atoms with van der Waals surface area (Å²) in [5.41, 5.74) is 2.26. The smallest absolute Gasteiger partial charge is 0.0807 e. The van der Waals surface area contributed by atoms with E-state index in [0.29, 0.717) is 12.1 Å². The van der Waals surface area contributed by atoms with Gasteiger partial charge in [-0.1, -0.05) is 25.1 Å². The molecule has 3 nitrogen and oxygen atoms in total. The van der Waals surface area contributed by atoms with Gasteiger partial charge in [0.1, 0.15) is 0 Å². The Morgan fingerprint density at radius 1 is 1.21 bits per heavy atom. The molecular formula is C16H26N2O. The van der Waals surface area contributed by atoms with Crippen molar-refractivity contribution in [3.8, 4) is 0 Å². The fourth-order valence-electron chi connectivity index (χ4n) is 2.88. The zero-order valence-electron chi connectivity index (χ0n) is 12.5. The molecule has 0 amide bonds. The van der Waals surface area contributed by atoms with E-state index in [4.69, 9.17) is 0 Å². The second-order valence-corrected chi connectivity index (χ2v) is 5.75. The maximum absolute atomic E-state index is 10.2. The SMILES string of the molecule is CC[C@H](O)c1ccccc1N1CC(C)N(C)C(C)C1. The molecule has 1 aliphatic heterocycles. The minimum Gasteiger partial charge on any atom is -0.388 e. The van der Waals surface area contributed by atoms with Crippen LogP contribution in [0.3, 0.4) is 0 Å². The van der Waals surface area contributed by atoms with Crippen LogP contribution in [0, 0.1) is 0 Å². The van der Waals surface area contributed by atoms with Crippen molar-refractivity contribution in [2.45, 2.75) is 45.4 Å². The van der Waals surface area contributed by atoms with Gasteiger partial charge in [-0.2, -0.15) is 0 Å². The summed E-state index contributed by atoms with van der Waals surface area (Å²) < 4.78 is 0. The van der Waals surface area contributed by atoms with Gasteiger partial charge in [-0.15, -0.1) is 0 Å². The summed E-state index contributed by atoms with van der Waals surface area (Å²) in [6.07, 6.45) is 0.400. The highest BCUT2D eigenvalue weighted by Gasteiger charge is 2.28. The molecular weight excluding hydrogens is 236 g/mol. The third-order valence-electron chi connectivity index (χ3n) is 4.38. The van der Waals surface area contributed by atoms with Gasteiger partial charge in [-0.05, 0) is 33.4 Å². The number of aliphatic hydroxyl groups is 1. The van der Waals surface area contributed by atoms with Gasteiger partial charge in [-0.25, -0.2) is 0 Å². The zero-order chi connectivity index (χ0) is 14.0. The molecule has 1 heterocycles. The normalized spacial score (nSPS) is 26.5. The molecule has 0 radical (unpaired) electrons. The molecule has 1 aromatic carbocycles. The van der Waals surface area contributed by atoms with E-state index in [2.05, 4.69) is 48.9 Å². The first-order chi connectivity index (χ1) is 9.04. The second kappa shape index (κ2) is 5.93. The Labute approximate surface area is 116 Å². The standard InChI is InChI=1S/C16H26N2O/c1-5-16(19)14-8-6-7-9-15(14)18-10-12(2)17(4)13(3)11-18/h6-9,12-13,16,19H,5,10-11H2,1-4H3/t12?,13?,16-/m0/s1. The lowest BCUT2D eigenvalue weighted by atomic mass is 10.0. The van der Waals surface area contributed by atoms with Crippen LogP contribution in [0.1, 0.15) is 38.9 Å². The van der Waals surface area contributed by atoms with Crippen LogP contribution < -0.4 is 4.90 Å². The van der Waals surface area contributed by atoms with Crippen molar-refractivity contribution in [3.05, 3.63) is 29.8 Å². The molecule has 2 unspecified atom stereocenters. The van der Waals surface area contributed by atoms with Gasteiger partial charge in [0.05, 0.1) is 6.10 Å². The average Bonchev–Trinajstić information content (AvgIpc) is 2.43. The third-order valence-corrected chi connectivity index (χ3v) is 4.38. The van der Waals surface area contributed by atoms with E-state index >= 15 is 0 Å². The summed E-state index contributed by atoms with van der Waals surface area (Å²) in [6.45, 7) is 8.60. The quantitative estimate of drug-likeness (QED) is 0.907. The van der Waals surface area contributed by atoms with Gasteiger partial charge >= 0.3 is 0 Å². The lowest BCUT2D eigenvalue weighted by Gasteiger charge is -2.44. The number of nitrogens with zero attached hydrogens (tertiary/aromatic N) is 2. The van der Waals surface area contributed by atoms with E-state index in [1.54, 1.807) is 0 Å². The molecule has 1 fully saturated rings. The van der Waals surface area contributed by atoms with Crippen molar-refractivity contribution in [1.29, 1.82) is 0 Å². The molecule has 0 saturated carbocycles. The first-order valence-electron chi connectivity index (χ1n) is 7.28. The lowest BCUT2D eigenvalue weighted by molar-refractivity contribution is 0.164. The van der Waals surface area contributed by atoms with E-state index < -0.39 is 0 Å². The molecule has 0 aromatic heterocycles.